The number of carbonyl (C=O) groups excluding carboxylic acids is 5. The fourth-order valence-electron chi connectivity index (χ4n) is 11.1. The number of hydrogen-bond donors (Lipinski definition) is 6. The zero-order chi connectivity index (χ0) is 61.1. The van der Waals surface area contributed by atoms with Gasteiger partial charge in [0.1, 0.15) is 42.8 Å². The number of H-pyrrole nitrogens is 1. The second kappa shape index (κ2) is 33.3. The normalized spacial score (nSPS) is 29.6. The van der Waals surface area contributed by atoms with E-state index in [1.165, 1.54) is 39.4 Å². The Bertz CT molecular complexity index is 2410. The van der Waals surface area contributed by atoms with Gasteiger partial charge in [0.25, 0.3) is 5.56 Å². The Morgan fingerprint density at radius 3 is 2.01 bits per heavy atom. The number of carboxylic acid groups (broad SMARTS) is 2. The summed E-state index contributed by atoms with van der Waals surface area (Å²) in [6.07, 6.45) is -8.45. The number of aromatic amines is 1. The summed E-state index contributed by atoms with van der Waals surface area (Å²) in [5.41, 5.74) is 4.29. The molecule has 5 rings (SSSR count). The van der Waals surface area contributed by atoms with Gasteiger partial charge in [0.2, 0.25) is 12.2 Å². The van der Waals surface area contributed by atoms with E-state index in [0.717, 1.165) is 66.9 Å². The summed E-state index contributed by atoms with van der Waals surface area (Å²) in [6.45, 7) is 5.02. The van der Waals surface area contributed by atoms with E-state index >= 15 is 0 Å². The third kappa shape index (κ3) is 19.6. The molecule has 28 nitrogen and oxygen atoms in total. The van der Waals surface area contributed by atoms with E-state index in [1.807, 2.05) is 0 Å². The molecule has 0 aliphatic carbocycles. The van der Waals surface area contributed by atoms with Crippen molar-refractivity contribution in [1.29, 1.82) is 0 Å². The van der Waals surface area contributed by atoms with Crippen LogP contribution in [0.15, 0.2) is 21.9 Å². The van der Waals surface area contributed by atoms with E-state index in [2.05, 4.69) is 11.9 Å². The molecule has 7 N–H and O–H groups in total. The standard InChI is InChI=1S/C55H87N5O23/c1-8-10-11-12-13-14-15-16-17-18-31(76-41(67)23-30(3)24-42(68)82-54-51(75-7)50(48(74-6)34(9-2)79-54)81-40(66)20-19-39(64)65)25-43(69)77-36-29-58(4)46(52(70)59(5)45(36)53(71)72)49(83-44-27-32(61)35(28-56)78-44)47-33(62)26-38(80-47)60-22-21-37(63)57-55(60)73/h21-22,30-36,38,44-51,54,61-62H,8-20,23-29,56H2,1-7H3,(H,64,65)(H,71,72)(H,57,63,73)/t30-,31+,32+,33+,34+,35-,36-,38-,44+,45-,46+,47+,48+,49+,50-,51-,54+/m1/s1. The smallest absolute Gasteiger partial charge is 0.330 e. The summed E-state index contributed by atoms with van der Waals surface area (Å²) < 4.78 is 59.9. The highest BCUT2D eigenvalue weighted by Gasteiger charge is 2.54. The molecular formula is C55H87N5O23. The third-order valence-electron chi connectivity index (χ3n) is 15.5. The second-order valence-electron chi connectivity index (χ2n) is 21.9. The van der Waals surface area contributed by atoms with Crippen molar-refractivity contribution >= 4 is 41.7 Å². The summed E-state index contributed by atoms with van der Waals surface area (Å²) in [7, 11) is 5.29. The van der Waals surface area contributed by atoms with Crippen molar-refractivity contribution in [1.82, 2.24) is 19.4 Å². The summed E-state index contributed by atoms with van der Waals surface area (Å²) in [4.78, 5) is 122. The predicted octanol–water partition coefficient (Wildman–Crippen LogP) is 1.27. The maximum absolute atomic E-state index is 14.7. The molecule has 0 radical (unpaired) electrons. The topological polar surface area (TPSA) is 380 Å². The molecule has 4 fully saturated rings. The van der Waals surface area contributed by atoms with Gasteiger partial charge in [-0.1, -0.05) is 72.1 Å². The number of ether oxygens (including phenoxy) is 10. The molecule has 5 heterocycles. The number of aromatic nitrogens is 2. The Hall–Kier alpha value is -5.43. The largest absolute Gasteiger partial charge is 0.481 e. The van der Waals surface area contributed by atoms with Crippen molar-refractivity contribution in [3.05, 3.63) is 33.1 Å². The summed E-state index contributed by atoms with van der Waals surface area (Å²) in [5.74, 6) is -7.64. The number of carboxylic acids is 2. The van der Waals surface area contributed by atoms with Crippen LogP contribution in [0.1, 0.15) is 143 Å². The molecule has 4 saturated heterocycles. The van der Waals surface area contributed by atoms with Crippen LogP contribution in [0.5, 0.6) is 0 Å². The number of amides is 1. The molecule has 17 atom stereocenters. The first-order valence-corrected chi connectivity index (χ1v) is 28.8. The van der Waals surface area contributed by atoms with Crippen molar-refractivity contribution in [3.8, 4) is 0 Å². The number of nitrogens with two attached hydrogens (primary N) is 1. The first-order valence-electron chi connectivity index (χ1n) is 28.8. The molecule has 0 spiro atoms. The average Bonchev–Trinajstić information content (AvgIpc) is 3.23. The molecular weight excluding hydrogens is 1100 g/mol. The number of unbranched alkanes of at least 4 members (excludes halogenated alkanes) is 8. The van der Waals surface area contributed by atoms with Crippen molar-refractivity contribution in [3.63, 3.8) is 0 Å². The van der Waals surface area contributed by atoms with Crippen LogP contribution in [0.25, 0.3) is 0 Å². The average molecular weight is 1190 g/mol. The molecule has 1 amide bonds. The molecule has 0 bridgehead atoms. The van der Waals surface area contributed by atoms with Crippen LogP contribution in [-0.4, -0.2) is 215 Å². The van der Waals surface area contributed by atoms with Gasteiger partial charge in [-0.05, 0) is 32.2 Å². The molecule has 1 aromatic heterocycles. The number of rotatable bonds is 33. The van der Waals surface area contributed by atoms with Crippen LogP contribution >= 0.6 is 0 Å². The molecule has 0 unspecified atom stereocenters. The van der Waals surface area contributed by atoms with Gasteiger partial charge >= 0.3 is 41.5 Å². The van der Waals surface area contributed by atoms with E-state index in [1.54, 1.807) is 13.8 Å². The molecule has 83 heavy (non-hydrogen) atoms. The third-order valence-corrected chi connectivity index (χ3v) is 15.5. The minimum Gasteiger partial charge on any atom is -0.481 e. The monoisotopic (exact) mass is 1190 g/mol. The van der Waals surface area contributed by atoms with Crippen LogP contribution in [0.3, 0.4) is 0 Å². The van der Waals surface area contributed by atoms with Gasteiger partial charge in [0.15, 0.2) is 24.5 Å². The number of methoxy groups -OCH3 is 2. The number of carbonyl (C=O) groups is 7. The summed E-state index contributed by atoms with van der Waals surface area (Å²) >= 11 is 0. The van der Waals surface area contributed by atoms with Crippen LogP contribution in [0.2, 0.25) is 0 Å². The van der Waals surface area contributed by atoms with Crippen LogP contribution in [0, 0.1) is 5.92 Å². The number of aliphatic carboxylic acids is 2. The van der Waals surface area contributed by atoms with E-state index < -0.39 is 183 Å². The van der Waals surface area contributed by atoms with E-state index in [4.69, 9.17) is 58.2 Å². The molecule has 0 aromatic carbocycles. The minimum atomic E-state index is -1.79. The van der Waals surface area contributed by atoms with Crippen LogP contribution < -0.4 is 17.0 Å². The highest BCUT2D eigenvalue weighted by molar-refractivity contribution is 5.89. The van der Waals surface area contributed by atoms with Crippen LogP contribution in [0.4, 0.5) is 0 Å². The SMILES string of the molecule is CCCCCCCCCCC[C@@H](CC(=O)O[C@@H]1CN(C)[C@@H]([C@H](O[C@H]2C[C@H](O)[C@@H](CN)O2)[C@H]2O[C@@H](n3ccc(=O)[nH]c3=O)C[C@@H]2O)C(=O)N(C)[C@H]1C(=O)O)OC(=O)C[C@@H](C)CC(=O)O[C@@H]1O[C@@H](CC)[C@H](OC)[C@@H](OC(=O)CCC(=O)O)[C@H]1OC. The first kappa shape index (κ1) is 68.4. The Labute approximate surface area is 481 Å². The fraction of sp³-hybridized carbons (Fsp3) is 0.800. The zero-order valence-electron chi connectivity index (χ0n) is 48.6. The Kier molecular flexibility index (Phi) is 27.4. The second-order valence-corrected chi connectivity index (χ2v) is 21.9. The number of hydrogen-bond acceptors (Lipinski definition) is 23. The quantitative estimate of drug-likeness (QED) is 0.0328. The number of aliphatic hydroxyl groups is 2. The van der Waals surface area contributed by atoms with Gasteiger partial charge < -0.3 is 78.4 Å². The van der Waals surface area contributed by atoms with Gasteiger partial charge in [-0.25, -0.2) is 9.59 Å². The van der Waals surface area contributed by atoms with E-state index in [0.29, 0.717) is 12.8 Å². The van der Waals surface area contributed by atoms with Gasteiger partial charge in [0, 0.05) is 72.3 Å². The Morgan fingerprint density at radius 1 is 0.759 bits per heavy atom. The lowest BCUT2D eigenvalue weighted by Crippen LogP contribution is -2.61. The lowest BCUT2D eigenvalue weighted by molar-refractivity contribution is -0.299. The molecule has 470 valence electrons. The van der Waals surface area contributed by atoms with Crippen molar-refractivity contribution < 1.29 is 101 Å². The first-order chi connectivity index (χ1) is 39.5. The van der Waals surface area contributed by atoms with Crippen molar-refractivity contribution in [2.24, 2.45) is 11.7 Å². The minimum absolute atomic E-state index is 0.0902. The van der Waals surface area contributed by atoms with Crippen LogP contribution in [-0.2, 0) is 80.9 Å². The number of aliphatic hydroxyl groups excluding tert-OH is 2. The highest BCUT2D eigenvalue weighted by Crippen LogP contribution is 2.37. The van der Waals surface area contributed by atoms with Crippen molar-refractivity contribution in [2.45, 2.75) is 234 Å². The molecule has 0 saturated carbocycles. The Balaban J connectivity index is 1.30. The molecule has 1 aromatic rings. The maximum Gasteiger partial charge on any atom is 0.330 e. The summed E-state index contributed by atoms with van der Waals surface area (Å²) in [5, 5.41) is 42.0. The number of esters is 4. The number of likely N-dealkylation sites (N-methyl/N-ethyl adjacent to an activating group) is 2. The van der Waals surface area contributed by atoms with Crippen molar-refractivity contribution in [2.75, 3.05) is 41.4 Å². The maximum atomic E-state index is 14.7. The summed E-state index contributed by atoms with van der Waals surface area (Å²) in [6, 6.07) is -2.19. The van der Waals surface area contributed by atoms with E-state index in [9.17, 15) is 58.5 Å². The van der Waals surface area contributed by atoms with Gasteiger partial charge in [0.05, 0.1) is 43.7 Å². The molecule has 28 heteroatoms. The van der Waals surface area contributed by atoms with Gasteiger partial charge in [-0.3, -0.25) is 48.0 Å². The highest BCUT2D eigenvalue weighted by atomic mass is 16.7. The fourth-order valence-corrected chi connectivity index (χ4v) is 11.1. The lowest BCUT2D eigenvalue weighted by Gasteiger charge is -2.44. The molecule has 4 aliphatic heterocycles. The lowest BCUT2D eigenvalue weighted by atomic mass is 9.96. The predicted molar refractivity (Wildman–Crippen MR) is 288 cm³/mol. The van der Waals surface area contributed by atoms with E-state index in [-0.39, 0.29) is 38.6 Å². The number of nitrogens with zero attached hydrogens (tertiary/aromatic N) is 3. The zero-order valence-corrected chi connectivity index (χ0v) is 48.6. The van der Waals surface area contributed by atoms with Gasteiger partial charge in [-0.2, -0.15) is 0 Å². The Morgan fingerprint density at radius 2 is 1.41 bits per heavy atom. The molecule has 4 aliphatic rings. The number of nitrogens with one attached hydrogen (secondary N) is 1. The van der Waals surface area contributed by atoms with Gasteiger partial charge in [-0.15, -0.1) is 0 Å².